The quantitative estimate of drug-likeness (QED) is 0.155. The van der Waals surface area contributed by atoms with Gasteiger partial charge in [-0.1, -0.05) is 111 Å². The Bertz CT molecular complexity index is 956. The van der Waals surface area contributed by atoms with Crippen molar-refractivity contribution in [3.8, 4) is 0 Å². The van der Waals surface area contributed by atoms with E-state index in [-0.39, 0.29) is 30.0 Å². The molecule has 0 aromatic heterocycles. The van der Waals surface area contributed by atoms with Gasteiger partial charge in [0.15, 0.2) is 6.10 Å². The molecule has 1 fully saturated rings. The third kappa shape index (κ3) is 9.44. The molecule has 2 aromatic carbocycles. The van der Waals surface area contributed by atoms with E-state index in [1.807, 2.05) is 72.8 Å². The van der Waals surface area contributed by atoms with Crippen LogP contribution in [0.15, 0.2) is 85.0 Å². The SMILES string of the molecule is CCCCCCC=C[C@H]1[C@H](O)CC(=O)[C@@H]1CC=CCCCC(=O)OC(c1ccccc1)c1ccccc1. The third-order valence-corrected chi connectivity index (χ3v) is 7.08. The topological polar surface area (TPSA) is 63.6 Å². The second-order valence-electron chi connectivity index (χ2n) is 9.99. The predicted molar refractivity (Wildman–Crippen MR) is 149 cm³/mol. The molecule has 0 spiro atoms. The predicted octanol–water partition coefficient (Wildman–Crippen LogP) is 7.53. The van der Waals surface area contributed by atoms with Gasteiger partial charge in [0, 0.05) is 24.7 Å². The molecule has 0 unspecified atom stereocenters. The van der Waals surface area contributed by atoms with E-state index in [2.05, 4.69) is 19.1 Å². The summed E-state index contributed by atoms with van der Waals surface area (Å²) in [4.78, 5) is 25.0. The lowest BCUT2D eigenvalue weighted by atomic mass is 9.90. The number of unbranched alkanes of at least 4 members (excludes halogenated alkanes) is 5. The molecular formula is C33H42O4. The van der Waals surface area contributed by atoms with Crippen molar-refractivity contribution >= 4 is 11.8 Å². The Morgan fingerprint density at radius 1 is 0.919 bits per heavy atom. The summed E-state index contributed by atoms with van der Waals surface area (Å²) in [6.45, 7) is 2.20. The first-order valence-corrected chi connectivity index (χ1v) is 13.9. The number of rotatable bonds is 15. The zero-order valence-corrected chi connectivity index (χ0v) is 22.1. The van der Waals surface area contributed by atoms with Crippen molar-refractivity contribution in [2.75, 3.05) is 0 Å². The van der Waals surface area contributed by atoms with Gasteiger partial charge < -0.3 is 9.84 Å². The standard InChI is InChI=1S/C33H42O4/c1-2-3-4-5-6-15-22-28-29(31(35)25-30(28)34)23-16-7-8-17-24-32(36)37-33(26-18-11-9-12-19-26)27-20-13-10-14-21-27/h7,9-16,18-22,28-30,33-34H,2-6,8,17,23-25H2,1H3/t28-,29-,30-/m1/s1. The molecule has 0 radical (unpaired) electrons. The fourth-order valence-electron chi connectivity index (χ4n) is 4.97. The van der Waals surface area contributed by atoms with Crippen LogP contribution in [0.2, 0.25) is 0 Å². The minimum atomic E-state index is -0.574. The van der Waals surface area contributed by atoms with Gasteiger partial charge in [-0.2, -0.15) is 0 Å². The van der Waals surface area contributed by atoms with Gasteiger partial charge in [0.25, 0.3) is 0 Å². The molecule has 37 heavy (non-hydrogen) atoms. The lowest BCUT2D eigenvalue weighted by Gasteiger charge is -2.19. The first kappa shape index (κ1) is 28.6. The molecule has 1 aliphatic carbocycles. The van der Waals surface area contributed by atoms with E-state index in [1.165, 1.54) is 19.3 Å². The van der Waals surface area contributed by atoms with E-state index in [0.717, 1.165) is 30.4 Å². The molecule has 4 nitrogen and oxygen atoms in total. The highest BCUT2D eigenvalue weighted by Crippen LogP contribution is 2.33. The molecule has 198 valence electrons. The zero-order chi connectivity index (χ0) is 26.3. The lowest BCUT2D eigenvalue weighted by molar-refractivity contribution is -0.147. The van der Waals surface area contributed by atoms with Gasteiger partial charge in [-0.3, -0.25) is 9.59 Å². The largest absolute Gasteiger partial charge is 0.453 e. The highest BCUT2D eigenvalue weighted by atomic mass is 16.5. The van der Waals surface area contributed by atoms with Gasteiger partial charge in [0.05, 0.1) is 6.10 Å². The third-order valence-electron chi connectivity index (χ3n) is 7.08. The fraction of sp³-hybridized carbons (Fsp3) is 0.455. The molecule has 4 heteroatoms. The second-order valence-corrected chi connectivity index (χ2v) is 9.99. The van der Waals surface area contributed by atoms with Crippen molar-refractivity contribution in [2.24, 2.45) is 11.8 Å². The maximum absolute atomic E-state index is 12.6. The van der Waals surface area contributed by atoms with E-state index < -0.39 is 12.2 Å². The number of carbonyl (C=O) groups excluding carboxylic acids is 2. The molecule has 1 N–H and O–H groups in total. The number of carbonyl (C=O) groups is 2. The number of aliphatic hydroxyl groups is 1. The van der Waals surface area contributed by atoms with Crippen LogP contribution in [0.1, 0.15) is 88.4 Å². The zero-order valence-electron chi connectivity index (χ0n) is 22.1. The van der Waals surface area contributed by atoms with Gasteiger partial charge in [-0.05, 0) is 43.2 Å². The number of esters is 1. The van der Waals surface area contributed by atoms with Crippen molar-refractivity contribution < 1.29 is 19.4 Å². The summed E-state index contributed by atoms with van der Waals surface area (Å²) in [7, 11) is 0. The van der Waals surface area contributed by atoms with Crippen LogP contribution in [0.4, 0.5) is 0 Å². The van der Waals surface area contributed by atoms with Crippen LogP contribution in [0.5, 0.6) is 0 Å². The van der Waals surface area contributed by atoms with Gasteiger partial charge >= 0.3 is 5.97 Å². The maximum atomic E-state index is 12.6. The highest BCUT2D eigenvalue weighted by Gasteiger charge is 2.38. The minimum Gasteiger partial charge on any atom is -0.453 e. The van der Waals surface area contributed by atoms with Crippen LogP contribution in [0, 0.1) is 11.8 Å². The van der Waals surface area contributed by atoms with Crippen LogP contribution < -0.4 is 0 Å². The minimum absolute atomic E-state index is 0.0915. The first-order chi connectivity index (χ1) is 18.1. The van der Waals surface area contributed by atoms with E-state index in [0.29, 0.717) is 19.3 Å². The molecular weight excluding hydrogens is 460 g/mol. The van der Waals surface area contributed by atoms with Crippen molar-refractivity contribution in [1.29, 1.82) is 0 Å². The number of hydrogen-bond donors (Lipinski definition) is 1. The van der Waals surface area contributed by atoms with Crippen LogP contribution in [0.25, 0.3) is 0 Å². The van der Waals surface area contributed by atoms with Crippen molar-refractivity contribution in [2.45, 2.75) is 83.3 Å². The average Bonchev–Trinajstić information content (AvgIpc) is 3.19. The molecule has 1 aliphatic rings. The second kappa shape index (κ2) is 16.0. The number of ether oxygens (including phenoxy) is 1. The van der Waals surface area contributed by atoms with Crippen LogP contribution in [0.3, 0.4) is 0 Å². The molecule has 2 aromatic rings. The summed E-state index contributed by atoms with van der Waals surface area (Å²) < 4.78 is 5.88. The number of allylic oxidation sites excluding steroid dienone is 3. The number of benzene rings is 2. The smallest absolute Gasteiger partial charge is 0.306 e. The summed E-state index contributed by atoms with van der Waals surface area (Å²) >= 11 is 0. The molecule has 0 saturated heterocycles. The summed E-state index contributed by atoms with van der Waals surface area (Å²) in [5, 5.41) is 10.4. The van der Waals surface area contributed by atoms with Gasteiger partial charge in [0.1, 0.15) is 5.78 Å². The van der Waals surface area contributed by atoms with Crippen LogP contribution in [-0.4, -0.2) is 23.0 Å². The van der Waals surface area contributed by atoms with Crippen LogP contribution in [-0.2, 0) is 14.3 Å². The molecule has 0 heterocycles. The van der Waals surface area contributed by atoms with Crippen LogP contribution >= 0.6 is 0 Å². The van der Waals surface area contributed by atoms with Gasteiger partial charge in [-0.25, -0.2) is 0 Å². The summed E-state index contributed by atoms with van der Waals surface area (Å²) in [5.74, 6) is -0.314. The Kier molecular flexibility index (Phi) is 12.4. The summed E-state index contributed by atoms with van der Waals surface area (Å²) in [6, 6.07) is 19.6. The Morgan fingerprint density at radius 2 is 1.57 bits per heavy atom. The molecule has 0 amide bonds. The van der Waals surface area contributed by atoms with E-state index in [9.17, 15) is 14.7 Å². The number of aliphatic hydroxyl groups excluding tert-OH is 1. The summed E-state index contributed by atoms with van der Waals surface area (Å²) in [6.07, 6.45) is 15.8. The Labute approximate surface area is 222 Å². The molecule has 0 aliphatic heterocycles. The van der Waals surface area contributed by atoms with Gasteiger partial charge in [0.2, 0.25) is 0 Å². The molecule has 3 atom stereocenters. The number of ketones is 1. The van der Waals surface area contributed by atoms with E-state index >= 15 is 0 Å². The highest BCUT2D eigenvalue weighted by molar-refractivity contribution is 5.84. The Balaban J connectivity index is 1.43. The monoisotopic (exact) mass is 502 g/mol. The number of Topliss-reactive ketones (excluding diaryl/α,β-unsaturated/α-hetero) is 1. The van der Waals surface area contributed by atoms with E-state index in [4.69, 9.17) is 4.74 Å². The average molecular weight is 503 g/mol. The van der Waals surface area contributed by atoms with E-state index in [1.54, 1.807) is 0 Å². The molecule has 0 bridgehead atoms. The molecule has 1 saturated carbocycles. The molecule has 3 rings (SSSR count). The Morgan fingerprint density at radius 3 is 2.22 bits per heavy atom. The van der Waals surface area contributed by atoms with Crippen molar-refractivity contribution in [3.63, 3.8) is 0 Å². The normalized spacial score (nSPS) is 19.9. The lowest BCUT2D eigenvalue weighted by Crippen LogP contribution is -2.17. The van der Waals surface area contributed by atoms with Crippen molar-refractivity contribution in [1.82, 2.24) is 0 Å². The van der Waals surface area contributed by atoms with Gasteiger partial charge in [-0.15, -0.1) is 0 Å². The van der Waals surface area contributed by atoms with Crippen molar-refractivity contribution in [3.05, 3.63) is 96.1 Å². The first-order valence-electron chi connectivity index (χ1n) is 13.9. The summed E-state index contributed by atoms with van der Waals surface area (Å²) in [5.41, 5.74) is 1.91. The maximum Gasteiger partial charge on any atom is 0.306 e. The fourth-order valence-corrected chi connectivity index (χ4v) is 4.97. The Hall–Kier alpha value is -2.98. The number of hydrogen-bond acceptors (Lipinski definition) is 4.